The van der Waals surface area contributed by atoms with Crippen LogP contribution in [0.2, 0.25) is 0 Å². The van der Waals surface area contributed by atoms with Crippen LogP contribution in [-0.4, -0.2) is 70.9 Å². The first kappa shape index (κ1) is 22.2. The summed E-state index contributed by atoms with van der Waals surface area (Å²) in [7, 11) is 0. The molecule has 3 fully saturated rings. The Kier molecular flexibility index (Phi) is 7.53. The lowest BCUT2D eigenvalue weighted by molar-refractivity contribution is -0.171. The van der Waals surface area contributed by atoms with Gasteiger partial charge in [0.25, 0.3) is 0 Å². The van der Waals surface area contributed by atoms with Crippen molar-refractivity contribution in [2.24, 2.45) is 5.92 Å². The second-order valence-electron chi connectivity index (χ2n) is 8.94. The fraction of sp³-hybridized carbons (Fsp3) is 0.696. The predicted octanol–water partition coefficient (Wildman–Crippen LogP) is 1.41. The first-order valence-corrected chi connectivity index (χ1v) is 11.5. The van der Waals surface area contributed by atoms with Crippen molar-refractivity contribution in [1.29, 1.82) is 0 Å². The molecule has 1 aromatic rings. The molecule has 8 nitrogen and oxygen atoms in total. The lowest BCUT2D eigenvalue weighted by atomic mass is 9.93. The van der Waals surface area contributed by atoms with Gasteiger partial charge >= 0.3 is 0 Å². The van der Waals surface area contributed by atoms with E-state index in [2.05, 4.69) is 10.3 Å². The third-order valence-electron chi connectivity index (χ3n) is 6.62. The quantitative estimate of drug-likeness (QED) is 0.731. The van der Waals surface area contributed by atoms with E-state index in [0.29, 0.717) is 19.6 Å². The number of carbonyl (C=O) groups excluding carboxylic acids is 2. The molecular weight excluding hydrogens is 398 g/mol. The maximum atomic E-state index is 13.2. The van der Waals surface area contributed by atoms with Crippen LogP contribution in [0, 0.1) is 5.92 Å². The van der Waals surface area contributed by atoms with Crippen molar-refractivity contribution in [3.05, 3.63) is 30.1 Å². The number of fused-ring (bicyclic) bond motifs is 1. The molecule has 3 heterocycles. The van der Waals surface area contributed by atoms with Crippen molar-refractivity contribution in [3.8, 4) is 0 Å². The number of aliphatic hydroxyl groups is 1. The zero-order chi connectivity index (χ0) is 21.6. The van der Waals surface area contributed by atoms with Crippen LogP contribution in [-0.2, 0) is 25.6 Å². The Hall–Kier alpha value is -2.03. The summed E-state index contributed by atoms with van der Waals surface area (Å²) in [5.41, 5.74) is 1.00. The highest BCUT2D eigenvalue weighted by Gasteiger charge is 2.41. The molecule has 4 rings (SSSR count). The number of nitrogens with one attached hydrogen (secondary N) is 1. The van der Waals surface area contributed by atoms with E-state index in [4.69, 9.17) is 9.47 Å². The number of β-amino-alcohol motifs (C(OH)–C–C–N with tert-alkyl or cyclic N) is 1. The maximum absolute atomic E-state index is 13.2. The SMILES string of the molecule is O=C(C[C@H]1CC[C@H]2[C@@H](COC[C@@H](O)CN2C(=O)C2CCCC2)O1)NCc1ccncc1. The van der Waals surface area contributed by atoms with Gasteiger partial charge in [0.1, 0.15) is 6.10 Å². The van der Waals surface area contributed by atoms with Gasteiger partial charge in [0.2, 0.25) is 11.8 Å². The highest BCUT2D eigenvalue weighted by atomic mass is 16.5. The van der Waals surface area contributed by atoms with Gasteiger partial charge in [-0.3, -0.25) is 14.6 Å². The van der Waals surface area contributed by atoms with Gasteiger partial charge < -0.3 is 24.8 Å². The molecule has 0 unspecified atom stereocenters. The number of amides is 2. The van der Waals surface area contributed by atoms with Crippen LogP contribution in [0.25, 0.3) is 0 Å². The van der Waals surface area contributed by atoms with E-state index in [1.54, 1.807) is 12.4 Å². The minimum atomic E-state index is -0.678. The van der Waals surface area contributed by atoms with Crippen LogP contribution in [0.4, 0.5) is 0 Å². The van der Waals surface area contributed by atoms with Crippen LogP contribution < -0.4 is 5.32 Å². The zero-order valence-electron chi connectivity index (χ0n) is 17.9. The van der Waals surface area contributed by atoms with Gasteiger partial charge in [0.05, 0.1) is 37.9 Å². The van der Waals surface area contributed by atoms with Crippen molar-refractivity contribution in [3.63, 3.8) is 0 Å². The van der Waals surface area contributed by atoms with Crippen molar-refractivity contribution in [2.75, 3.05) is 19.8 Å². The number of hydrogen-bond donors (Lipinski definition) is 2. The molecule has 0 bridgehead atoms. The number of aromatic nitrogens is 1. The second kappa shape index (κ2) is 10.5. The Bertz CT molecular complexity index is 740. The highest BCUT2D eigenvalue weighted by molar-refractivity contribution is 5.79. The van der Waals surface area contributed by atoms with Crippen molar-refractivity contribution >= 4 is 11.8 Å². The van der Waals surface area contributed by atoms with Gasteiger partial charge in [-0.15, -0.1) is 0 Å². The fourth-order valence-corrected chi connectivity index (χ4v) is 4.98. The number of ether oxygens (including phenoxy) is 2. The minimum absolute atomic E-state index is 0.0543. The number of hydrogen-bond acceptors (Lipinski definition) is 6. The summed E-state index contributed by atoms with van der Waals surface area (Å²) in [5, 5.41) is 13.2. The molecule has 31 heavy (non-hydrogen) atoms. The van der Waals surface area contributed by atoms with E-state index >= 15 is 0 Å². The summed E-state index contributed by atoms with van der Waals surface area (Å²) in [6.45, 7) is 1.27. The summed E-state index contributed by atoms with van der Waals surface area (Å²) in [4.78, 5) is 31.4. The number of rotatable bonds is 5. The molecule has 3 aliphatic rings. The van der Waals surface area contributed by atoms with Crippen molar-refractivity contribution in [2.45, 2.75) is 75.8 Å². The molecule has 2 amide bonds. The molecule has 2 aliphatic heterocycles. The molecular formula is C23H33N3O5. The third kappa shape index (κ3) is 5.81. The summed E-state index contributed by atoms with van der Waals surface area (Å²) in [6.07, 6.45) is 8.05. The standard InChI is InChI=1S/C23H33N3O5/c27-18-13-26(23(29)17-3-1-2-4-17)20-6-5-19(31-21(20)15-30-14-18)11-22(28)25-12-16-7-9-24-10-8-16/h7-10,17-21,27H,1-6,11-15H2,(H,25,28)/t18-,19+,20-,21+/m0/s1. The molecule has 1 aromatic heterocycles. The average Bonchev–Trinajstić information content (AvgIpc) is 3.31. The molecule has 0 radical (unpaired) electrons. The predicted molar refractivity (Wildman–Crippen MR) is 113 cm³/mol. The number of pyridine rings is 1. The Labute approximate surface area is 183 Å². The van der Waals surface area contributed by atoms with E-state index < -0.39 is 6.10 Å². The van der Waals surface area contributed by atoms with Crippen LogP contribution in [0.15, 0.2) is 24.5 Å². The lowest BCUT2D eigenvalue weighted by Crippen LogP contribution is -2.58. The van der Waals surface area contributed by atoms with Crippen LogP contribution in [0.3, 0.4) is 0 Å². The van der Waals surface area contributed by atoms with E-state index in [1.807, 2.05) is 17.0 Å². The first-order valence-electron chi connectivity index (χ1n) is 11.5. The smallest absolute Gasteiger partial charge is 0.226 e. The van der Waals surface area contributed by atoms with E-state index in [0.717, 1.165) is 37.7 Å². The number of aliphatic hydroxyl groups excluding tert-OH is 1. The van der Waals surface area contributed by atoms with E-state index in [-0.39, 0.29) is 55.6 Å². The minimum Gasteiger partial charge on any atom is -0.389 e. The summed E-state index contributed by atoms with van der Waals surface area (Å²) >= 11 is 0. The van der Waals surface area contributed by atoms with Gasteiger partial charge in [-0.05, 0) is 43.4 Å². The first-order chi connectivity index (χ1) is 15.1. The Morgan fingerprint density at radius 3 is 2.68 bits per heavy atom. The van der Waals surface area contributed by atoms with Gasteiger partial charge in [-0.2, -0.15) is 0 Å². The average molecular weight is 432 g/mol. The Balaban J connectivity index is 1.34. The maximum Gasteiger partial charge on any atom is 0.226 e. The second-order valence-corrected chi connectivity index (χ2v) is 8.94. The van der Waals surface area contributed by atoms with Crippen molar-refractivity contribution < 1.29 is 24.2 Å². The number of carbonyl (C=O) groups is 2. The molecule has 2 N–H and O–H groups in total. The normalized spacial score (nSPS) is 29.6. The monoisotopic (exact) mass is 431 g/mol. The fourth-order valence-electron chi connectivity index (χ4n) is 4.98. The molecule has 4 atom stereocenters. The highest BCUT2D eigenvalue weighted by Crippen LogP contribution is 2.32. The van der Waals surface area contributed by atoms with E-state index in [9.17, 15) is 14.7 Å². The van der Waals surface area contributed by atoms with Gasteiger partial charge in [-0.1, -0.05) is 12.8 Å². The largest absolute Gasteiger partial charge is 0.389 e. The third-order valence-corrected chi connectivity index (χ3v) is 6.62. The Morgan fingerprint density at radius 2 is 1.90 bits per heavy atom. The zero-order valence-corrected chi connectivity index (χ0v) is 17.9. The molecule has 170 valence electrons. The molecule has 1 aliphatic carbocycles. The molecule has 0 aromatic carbocycles. The van der Waals surface area contributed by atoms with Crippen LogP contribution in [0.1, 0.15) is 50.5 Å². The van der Waals surface area contributed by atoms with Gasteiger partial charge in [0, 0.05) is 31.4 Å². The lowest BCUT2D eigenvalue weighted by Gasteiger charge is -2.45. The van der Waals surface area contributed by atoms with Crippen LogP contribution >= 0.6 is 0 Å². The molecule has 1 saturated carbocycles. The summed E-state index contributed by atoms with van der Waals surface area (Å²) in [6, 6.07) is 3.63. The topological polar surface area (TPSA) is 101 Å². The molecule has 0 spiro atoms. The van der Waals surface area contributed by atoms with Crippen molar-refractivity contribution in [1.82, 2.24) is 15.2 Å². The molecule has 2 saturated heterocycles. The van der Waals surface area contributed by atoms with Crippen LogP contribution in [0.5, 0.6) is 0 Å². The van der Waals surface area contributed by atoms with Gasteiger partial charge in [-0.25, -0.2) is 0 Å². The number of nitrogens with zero attached hydrogens (tertiary/aromatic N) is 2. The summed E-state index contributed by atoms with van der Waals surface area (Å²) in [5.74, 6) is 0.150. The summed E-state index contributed by atoms with van der Waals surface area (Å²) < 4.78 is 11.9. The van der Waals surface area contributed by atoms with E-state index in [1.165, 1.54) is 0 Å². The Morgan fingerprint density at radius 1 is 1.13 bits per heavy atom. The van der Waals surface area contributed by atoms with Gasteiger partial charge in [0.15, 0.2) is 0 Å². The molecule has 8 heteroatoms.